The van der Waals surface area contributed by atoms with Crippen molar-refractivity contribution in [2.45, 2.75) is 42.8 Å². The van der Waals surface area contributed by atoms with Crippen molar-refractivity contribution in [1.82, 2.24) is 8.87 Å². The first-order valence-corrected chi connectivity index (χ1v) is 13.7. The van der Waals surface area contributed by atoms with Gasteiger partial charge in [0.05, 0.1) is 17.5 Å². The Kier molecular flexibility index (Phi) is 6.58. The number of rotatable bonds is 7. The van der Waals surface area contributed by atoms with E-state index in [0.717, 1.165) is 15.1 Å². The fourth-order valence-corrected chi connectivity index (χ4v) is 6.62. The van der Waals surface area contributed by atoms with E-state index in [1.807, 2.05) is 37.3 Å². The van der Waals surface area contributed by atoms with Gasteiger partial charge in [0.15, 0.2) is 5.54 Å². The van der Waals surface area contributed by atoms with Crippen LogP contribution >= 0.6 is 0 Å². The lowest BCUT2D eigenvalue weighted by atomic mass is 9.84. The standard InChI is InChI=1S/C29H28N2O6S/c1-20-12-14-22(15-13-20)38(35,36)31-19-24(23-10-6-7-11-25(23)31)27(33)29(28(34)37-2)17-16-26(32)30(29)18-21-8-4-3-5-9-21/h3-15,19,27,33H,16-18H2,1-2H3/t27-,29+/m1/s1. The van der Waals surface area contributed by atoms with Crippen LogP contribution in [0.4, 0.5) is 0 Å². The minimum atomic E-state index is -4.03. The SMILES string of the molecule is COC(=O)[C@@]1([C@H](O)c2cn(S(=O)(=O)c3ccc(C)cc3)c3ccccc23)CCC(=O)N1Cc1ccccc1. The Morgan fingerprint density at radius 3 is 2.37 bits per heavy atom. The maximum Gasteiger partial charge on any atom is 0.334 e. The number of ether oxygens (including phenoxy) is 1. The van der Waals surface area contributed by atoms with Gasteiger partial charge in [-0.15, -0.1) is 0 Å². The molecule has 0 spiro atoms. The lowest BCUT2D eigenvalue weighted by Gasteiger charge is -2.39. The number of benzene rings is 3. The van der Waals surface area contributed by atoms with Gasteiger partial charge >= 0.3 is 5.97 Å². The zero-order chi connectivity index (χ0) is 27.1. The number of methoxy groups -OCH3 is 1. The third-order valence-electron chi connectivity index (χ3n) is 7.26. The molecule has 196 valence electrons. The number of aromatic nitrogens is 1. The summed E-state index contributed by atoms with van der Waals surface area (Å²) in [6.07, 6.45) is -0.140. The van der Waals surface area contributed by atoms with Crippen molar-refractivity contribution >= 4 is 32.8 Å². The number of nitrogens with zero attached hydrogens (tertiary/aromatic N) is 2. The van der Waals surface area contributed by atoms with Crippen LogP contribution in [-0.2, 0) is 30.9 Å². The maximum atomic E-state index is 13.7. The third kappa shape index (κ3) is 4.08. The van der Waals surface area contributed by atoms with Crippen LogP contribution in [0.25, 0.3) is 10.9 Å². The monoisotopic (exact) mass is 532 g/mol. The third-order valence-corrected chi connectivity index (χ3v) is 8.95. The zero-order valence-corrected chi connectivity index (χ0v) is 21.9. The molecule has 1 aromatic heterocycles. The quantitative estimate of drug-likeness (QED) is 0.361. The second-order valence-corrected chi connectivity index (χ2v) is 11.3. The molecule has 1 aliphatic heterocycles. The number of amides is 1. The van der Waals surface area contributed by atoms with Crippen molar-refractivity contribution in [3.05, 3.63) is 102 Å². The normalized spacial score (nSPS) is 18.6. The van der Waals surface area contributed by atoms with Gasteiger partial charge in [0, 0.05) is 30.1 Å². The summed E-state index contributed by atoms with van der Waals surface area (Å²) in [6.45, 7) is 1.96. The van der Waals surface area contributed by atoms with Crippen LogP contribution in [0.15, 0.2) is 90.0 Å². The van der Waals surface area contributed by atoms with Crippen LogP contribution in [0.1, 0.15) is 35.6 Å². The molecule has 1 saturated heterocycles. The number of aliphatic hydroxyl groups is 1. The average Bonchev–Trinajstić information content (AvgIpc) is 3.48. The van der Waals surface area contributed by atoms with Crippen molar-refractivity contribution in [1.29, 1.82) is 0 Å². The first-order chi connectivity index (χ1) is 18.2. The van der Waals surface area contributed by atoms with Crippen molar-refractivity contribution in [3.63, 3.8) is 0 Å². The second kappa shape index (κ2) is 9.74. The fraction of sp³-hybridized carbons (Fsp3) is 0.241. The molecule has 9 heteroatoms. The Morgan fingerprint density at radius 1 is 1.03 bits per heavy atom. The molecular weight excluding hydrogens is 504 g/mol. The van der Waals surface area contributed by atoms with E-state index < -0.39 is 27.6 Å². The largest absolute Gasteiger partial charge is 0.467 e. The van der Waals surface area contributed by atoms with Crippen molar-refractivity contribution in [2.75, 3.05) is 7.11 Å². The molecule has 2 atom stereocenters. The van der Waals surface area contributed by atoms with Gasteiger partial charge in [-0.3, -0.25) is 4.79 Å². The maximum absolute atomic E-state index is 13.7. The Morgan fingerprint density at radius 2 is 1.68 bits per heavy atom. The van der Waals surface area contributed by atoms with Crippen molar-refractivity contribution in [3.8, 4) is 0 Å². The lowest BCUT2D eigenvalue weighted by Crippen LogP contribution is -2.56. The molecule has 1 N–H and O–H groups in total. The van der Waals surface area contributed by atoms with E-state index in [1.54, 1.807) is 36.4 Å². The predicted molar refractivity (Wildman–Crippen MR) is 142 cm³/mol. The van der Waals surface area contributed by atoms with Crippen LogP contribution in [0.2, 0.25) is 0 Å². The van der Waals surface area contributed by atoms with Crippen LogP contribution in [0, 0.1) is 6.92 Å². The van der Waals surface area contributed by atoms with Gasteiger partial charge in [0.2, 0.25) is 5.91 Å². The molecule has 0 unspecified atom stereocenters. The molecule has 3 aromatic carbocycles. The van der Waals surface area contributed by atoms with Gasteiger partial charge < -0.3 is 14.7 Å². The number of esters is 1. The van der Waals surface area contributed by atoms with E-state index in [4.69, 9.17) is 4.74 Å². The topological polar surface area (TPSA) is 106 Å². The summed E-state index contributed by atoms with van der Waals surface area (Å²) in [5.41, 5.74) is 0.537. The number of para-hydroxylation sites is 1. The van der Waals surface area contributed by atoms with E-state index in [-0.39, 0.29) is 35.8 Å². The number of fused-ring (bicyclic) bond motifs is 1. The lowest BCUT2D eigenvalue weighted by molar-refractivity contribution is -0.166. The molecule has 1 amide bonds. The predicted octanol–water partition coefficient (Wildman–Crippen LogP) is 3.95. The average molecular weight is 533 g/mol. The number of hydrogen-bond donors (Lipinski definition) is 1. The minimum absolute atomic E-state index is 0.0245. The smallest absolute Gasteiger partial charge is 0.334 e. The van der Waals surface area contributed by atoms with Gasteiger partial charge in [0.25, 0.3) is 10.0 Å². The zero-order valence-electron chi connectivity index (χ0n) is 21.1. The Hall–Kier alpha value is -3.95. The van der Waals surface area contributed by atoms with Crippen LogP contribution in [0.3, 0.4) is 0 Å². The minimum Gasteiger partial charge on any atom is -0.467 e. The molecule has 1 fully saturated rings. The van der Waals surface area contributed by atoms with Gasteiger partial charge in [-0.25, -0.2) is 17.2 Å². The summed E-state index contributed by atoms with van der Waals surface area (Å²) in [5.74, 6) is -1.06. The first kappa shape index (κ1) is 25.7. The molecule has 2 heterocycles. The summed E-state index contributed by atoms with van der Waals surface area (Å²) >= 11 is 0. The van der Waals surface area contributed by atoms with Crippen molar-refractivity contribution < 1.29 is 27.9 Å². The first-order valence-electron chi connectivity index (χ1n) is 12.2. The molecule has 38 heavy (non-hydrogen) atoms. The number of likely N-dealkylation sites (tertiary alicyclic amines) is 1. The van der Waals surface area contributed by atoms with E-state index in [1.165, 1.54) is 30.3 Å². The highest BCUT2D eigenvalue weighted by Crippen LogP contribution is 2.45. The van der Waals surface area contributed by atoms with E-state index in [2.05, 4.69) is 0 Å². The number of carbonyl (C=O) groups excluding carboxylic acids is 2. The van der Waals surface area contributed by atoms with Crippen LogP contribution < -0.4 is 0 Å². The summed E-state index contributed by atoms with van der Waals surface area (Å²) in [7, 11) is -2.81. The molecule has 0 radical (unpaired) electrons. The Bertz CT molecular complexity index is 1610. The van der Waals surface area contributed by atoms with Gasteiger partial charge in [-0.05, 0) is 37.1 Å². The highest BCUT2D eigenvalue weighted by Gasteiger charge is 2.58. The molecule has 1 aliphatic rings. The summed E-state index contributed by atoms with van der Waals surface area (Å²) in [5, 5.41) is 12.4. The molecule has 0 aliphatic carbocycles. The number of hydrogen-bond acceptors (Lipinski definition) is 6. The van der Waals surface area contributed by atoms with Gasteiger partial charge in [-0.1, -0.05) is 66.2 Å². The highest BCUT2D eigenvalue weighted by atomic mass is 32.2. The molecule has 0 saturated carbocycles. The van der Waals surface area contributed by atoms with Crippen molar-refractivity contribution in [2.24, 2.45) is 0 Å². The van der Waals surface area contributed by atoms with Crippen LogP contribution in [0.5, 0.6) is 0 Å². The molecular formula is C29H28N2O6S. The van der Waals surface area contributed by atoms with E-state index >= 15 is 0 Å². The number of aliphatic hydroxyl groups excluding tert-OH is 1. The summed E-state index contributed by atoms with van der Waals surface area (Å²) < 4.78 is 33.6. The number of carbonyl (C=O) groups is 2. The molecule has 4 aromatic rings. The molecule has 5 rings (SSSR count). The highest BCUT2D eigenvalue weighted by molar-refractivity contribution is 7.90. The Balaban J connectivity index is 1.67. The van der Waals surface area contributed by atoms with Gasteiger partial charge in [-0.2, -0.15) is 0 Å². The summed E-state index contributed by atoms with van der Waals surface area (Å²) in [4.78, 5) is 27.9. The fourth-order valence-electron chi connectivity index (χ4n) is 5.24. The van der Waals surface area contributed by atoms with Gasteiger partial charge in [0.1, 0.15) is 6.10 Å². The summed E-state index contributed by atoms with van der Waals surface area (Å²) in [6, 6.07) is 22.4. The number of aryl methyl sites for hydroxylation is 1. The molecule has 8 nitrogen and oxygen atoms in total. The second-order valence-electron chi connectivity index (χ2n) is 9.50. The van der Waals surface area contributed by atoms with Crippen LogP contribution in [-0.4, -0.2) is 46.9 Å². The van der Waals surface area contributed by atoms with E-state index in [9.17, 15) is 23.1 Å². The van der Waals surface area contributed by atoms with E-state index in [0.29, 0.717) is 10.9 Å². The molecule has 0 bridgehead atoms. The Labute approximate surface area is 221 Å².